The summed E-state index contributed by atoms with van der Waals surface area (Å²) in [5.41, 5.74) is 16.1. The van der Waals surface area contributed by atoms with Crippen LogP contribution < -0.4 is 11.5 Å². The van der Waals surface area contributed by atoms with Gasteiger partial charge in [-0.2, -0.15) is 0 Å². The Balaban J connectivity index is 2.67. The maximum absolute atomic E-state index is 5.98. The average Bonchev–Trinajstić information content (AvgIpc) is 2.33. The number of benzene rings is 2. The summed E-state index contributed by atoms with van der Waals surface area (Å²) in [6.45, 7) is 3.80. The van der Waals surface area contributed by atoms with Crippen molar-refractivity contribution in [3.05, 3.63) is 54.6 Å². The van der Waals surface area contributed by atoms with E-state index in [1.165, 1.54) is 0 Å². The first-order valence-corrected chi connectivity index (χ1v) is 5.10. The summed E-state index contributed by atoms with van der Waals surface area (Å²) < 4.78 is 0. The van der Waals surface area contributed by atoms with Crippen LogP contribution in [0.5, 0.6) is 0 Å². The zero-order valence-corrected chi connectivity index (χ0v) is 8.98. The third kappa shape index (κ3) is 1.65. The summed E-state index contributed by atoms with van der Waals surface area (Å²) in [6.07, 6.45) is 1.82. The summed E-state index contributed by atoms with van der Waals surface area (Å²) in [5.74, 6) is 0. The van der Waals surface area contributed by atoms with Gasteiger partial charge in [0, 0.05) is 5.56 Å². The average molecular weight is 210 g/mol. The molecule has 0 spiro atoms. The monoisotopic (exact) mass is 210 g/mol. The molecule has 2 aromatic carbocycles. The molecule has 0 fully saturated rings. The molecule has 0 amide bonds. The van der Waals surface area contributed by atoms with E-state index in [1.807, 2.05) is 42.5 Å². The van der Waals surface area contributed by atoms with Gasteiger partial charge in [-0.05, 0) is 17.2 Å². The molecule has 0 bridgehead atoms. The molecule has 0 atom stereocenters. The van der Waals surface area contributed by atoms with Crippen molar-refractivity contribution in [3.8, 4) is 11.1 Å². The smallest absolute Gasteiger partial charge is 0.0627 e. The van der Waals surface area contributed by atoms with E-state index in [0.717, 1.165) is 16.7 Å². The normalized spacial score (nSPS) is 10.0. The van der Waals surface area contributed by atoms with Gasteiger partial charge in [0.15, 0.2) is 0 Å². The minimum Gasteiger partial charge on any atom is -0.397 e. The van der Waals surface area contributed by atoms with Gasteiger partial charge in [0.25, 0.3) is 0 Å². The van der Waals surface area contributed by atoms with Gasteiger partial charge in [0.1, 0.15) is 0 Å². The van der Waals surface area contributed by atoms with Crippen LogP contribution >= 0.6 is 0 Å². The summed E-state index contributed by atoms with van der Waals surface area (Å²) in [5, 5.41) is 0. The van der Waals surface area contributed by atoms with Gasteiger partial charge in [-0.25, -0.2) is 0 Å². The highest BCUT2D eigenvalue weighted by Gasteiger charge is 2.07. The van der Waals surface area contributed by atoms with Crippen LogP contribution in [0.4, 0.5) is 11.4 Å². The lowest BCUT2D eigenvalue weighted by Gasteiger charge is -2.10. The van der Waals surface area contributed by atoms with Crippen molar-refractivity contribution in [2.24, 2.45) is 0 Å². The predicted molar refractivity (Wildman–Crippen MR) is 70.8 cm³/mol. The fourth-order valence-corrected chi connectivity index (χ4v) is 1.74. The molecule has 2 heteroatoms. The molecule has 2 rings (SSSR count). The number of anilines is 2. The molecule has 0 heterocycles. The molecule has 0 unspecified atom stereocenters. The molecule has 16 heavy (non-hydrogen) atoms. The Labute approximate surface area is 95.2 Å². The van der Waals surface area contributed by atoms with Crippen molar-refractivity contribution >= 4 is 17.5 Å². The van der Waals surface area contributed by atoms with Gasteiger partial charge < -0.3 is 11.5 Å². The molecule has 0 aliphatic rings. The highest BCUT2D eigenvalue weighted by atomic mass is 14.7. The third-order valence-electron chi connectivity index (χ3n) is 2.61. The van der Waals surface area contributed by atoms with E-state index in [2.05, 4.69) is 6.58 Å². The molecule has 0 aliphatic carbocycles. The summed E-state index contributed by atoms with van der Waals surface area (Å²) >= 11 is 0. The van der Waals surface area contributed by atoms with Gasteiger partial charge in [-0.15, -0.1) is 0 Å². The van der Waals surface area contributed by atoms with E-state index in [9.17, 15) is 0 Å². The fraction of sp³-hybridized carbons (Fsp3) is 0. The molecule has 2 nitrogen and oxygen atoms in total. The minimum atomic E-state index is 0.608. The SMILES string of the molecule is C=Cc1ccccc1-c1cccc(N)c1N. The summed E-state index contributed by atoms with van der Waals surface area (Å²) in [4.78, 5) is 0. The number of rotatable bonds is 2. The lowest BCUT2D eigenvalue weighted by atomic mass is 9.98. The van der Waals surface area contributed by atoms with Gasteiger partial charge >= 0.3 is 0 Å². The van der Waals surface area contributed by atoms with Gasteiger partial charge in [0.2, 0.25) is 0 Å². The van der Waals surface area contributed by atoms with E-state index < -0.39 is 0 Å². The summed E-state index contributed by atoms with van der Waals surface area (Å²) in [7, 11) is 0. The summed E-state index contributed by atoms with van der Waals surface area (Å²) in [6, 6.07) is 13.6. The van der Waals surface area contributed by atoms with Crippen LogP contribution in [0.15, 0.2) is 49.0 Å². The number of hydrogen-bond donors (Lipinski definition) is 2. The Morgan fingerprint density at radius 2 is 1.56 bits per heavy atom. The second kappa shape index (κ2) is 4.11. The number of para-hydroxylation sites is 1. The van der Waals surface area contributed by atoms with Crippen molar-refractivity contribution < 1.29 is 0 Å². The molecule has 0 radical (unpaired) electrons. The van der Waals surface area contributed by atoms with Crippen molar-refractivity contribution in [1.82, 2.24) is 0 Å². The van der Waals surface area contributed by atoms with Crippen LogP contribution in [0.3, 0.4) is 0 Å². The van der Waals surface area contributed by atoms with Crippen LogP contribution in [-0.2, 0) is 0 Å². The lowest BCUT2D eigenvalue weighted by Crippen LogP contribution is -1.97. The molecule has 0 aliphatic heterocycles. The minimum absolute atomic E-state index is 0.608. The molecule has 80 valence electrons. The van der Waals surface area contributed by atoms with Crippen molar-refractivity contribution in [3.63, 3.8) is 0 Å². The zero-order valence-electron chi connectivity index (χ0n) is 8.98. The van der Waals surface area contributed by atoms with Crippen molar-refractivity contribution in [2.75, 3.05) is 11.5 Å². The quantitative estimate of drug-likeness (QED) is 0.748. The van der Waals surface area contributed by atoms with E-state index in [4.69, 9.17) is 11.5 Å². The topological polar surface area (TPSA) is 52.0 Å². The highest BCUT2D eigenvalue weighted by Crippen LogP contribution is 2.32. The number of nitrogen functional groups attached to an aromatic ring is 2. The van der Waals surface area contributed by atoms with Crippen LogP contribution in [-0.4, -0.2) is 0 Å². The van der Waals surface area contributed by atoms with Crippen LogP contribution in [0.2, 0.25) is 0 Å². The van der Waals surface area contributed by atoms with E-state index in [0.29, 0.717) is 11.4 Å². The fourth-order valence-electron chi connectivity index (χ4n) is 1.74. The Morgan fingerprint density at radius 1 is 0.875 bits per heavy atom. The molecular weight excluding hydrogens is 196 g/mol. The van der Waals surface area contributed by atoms with E-state index in [-0.39, 0.29) is 0 Å². The Morgan fingerprint density at radius 3 is 2.31 bits per heavy atom. The lowest BCUT2D eigenvalue weighted by molar-refractivity contribution is 1.58. The Bertz CT molecular complexity index is 530. The van der Waals surface area contributed by atoms with Crippen LogP contribution in [0.25, 0.3) is 17.2 Å². The molecule has 0 saturated carbocycles. The third-order valence-corrected chi connectivity index (χ3v) is 2.61. The van der Waals surface area contributed by atoms with Crippen LogP contribution in [0.1, 0.15) is 5.56 Å². The maximum Gasteiger partial charge on any atom is 0.0627 e. The van der Waals surface area contributed by atoms with Crippen LogP contribution in [0, 0.1) is 0 Å². The molecule has 2 aromatic rings. The number of hydrogen-bond acceptors (Lipinski definition) is 2. The van der Waals surface area contributed by atoms with Gasteiger partial charge in [-0.3, -0.25) is 0 Å². The maximum atomic E-state index is 5.98. The van der Waals surface area contributed by atoms with Crippen molar-refractivity contribution in [1.29, 1.82) is 0 Å². The zero-order chi connectivity index (χ0) is 11.5. The standard InChI is InChI=1S/C14H14N2/c1-2-10-6-3-4-7-11(10)12-8-5-9-13(15)14(12)16/h2-9H,1,15-16H2. The molecule has 0 saturated heterocycles. The van der Waals surface area contributed by atoms with Gasteiger partial charge in [-0.1, -0.05) is 49.1 Å². The first-order chi connectivity index (χ1) is 7.74. The predicted octanol–water partition coefficient (Wildman–Crippen LogP) is 3.16. The molecular formula is C14H14N2. The Kier molecular flexibility index (Phi) is 2.64. The van der Waals surface area contributed by atoms with Crippen molar-refractivity contribution in [2.45, 2.75) is 0 Å². The molecule has 4 N–H and O–H groups in total. The van der Waals surface area contributed by atoms with E-state index >= 15 is 0 Å². The largest absolute Gasteiger partial charge is 0.397 e. The first kappa shape index (κ1) is 10.3. The second-order valence-electron chi connectivity index (χ2n) is 3.60. The highest BCUT2D eigenvalue weighted by molar-refractivity contribution is 5.87. The molecule has 0 aromatic heterocycles. The number of nitrogens with two attached hydrogens (primary N) is 2. The first-order valence-electron chi connectivity index (χ1n) is 5.10. The van der Waals surface area contributed by atoms with Gasteiger partial charge in [0.05, 0.1) is 11.4 Å². The Hall–Kier alpha value is -2.22. The second-order valence-corrected chi connectivity index (χ2v) is 3.60. The van der Waals surface area contributed by atoms with E-state index in [1.54, 1.807) is 6.07 Å².